The number of fused-ring (bicyclic) bond motifs is 2. The van der Waals surface area contributed by atoms with Gasteiger partial charge in [0.25, 0.3) is 0 Å². The summed E-state index contributed by atoms with van der Waals surface area (Å²) >= 11 is 0. The molecule has 0 aromatic heterocycles. The molecule has 11 heteroatoms. The van der Waals surface area contributed by atoms with Crippen molar-refractivity contribution in [3.63, 3.8) is 0 Å². The first-order valence-electron chi connectivity index (χ1n) is 14.2. The first-order chi connectivity index (χ1) is 18.5. The minimum atomic E-state index is -2.14. The van der Waals surface area contributed by atoms with Crippen LogP contribution in [0.2, 0.25) is 0 Å². The Bertz CT molecular complexity index is 1360. The average molecular weight is 559 g/mol. The molecule has 12 atom stereocenters. The fourth-order valence-corrected chi connectivity index (χ4v) is 10.2. The molecule has 2 N–H and O–H groups in total. The van der Waals surface area contributed by atoms with E-state index in [9.17, 15) is 29.4 Å². The topological polar surface area (TPSA) is 155 Å². The van der Waals surface area contributed by atoms with Gasteiger partial charge in [0.2, 0.25) is 11.6 Å². The maximum absolute atomic E-state index is 14.7. The lowest BCUT2D eigenvalue weighted by molar-refractivity contribution is -0.342. The molecule has 2 aliphatic carbocycles. The monoisotopic (exact) mass is 558 g/mol. The van der Waals surface area contributed by atoms with E-state index in [0.29, 0.717) is 12.0 Å². The highest BCUT2D eigenvalue weighted by atomic mass is 16.7. The summed E-state index contributed by atoms with van der Waals surface area (Å²) < 4.78 is 31.4. The number of Topliss-reactive ketones (excluding diaryl/α,β-unsaturated/α-hetero) is 2. The predicted molar refractivity (Wildman–Crippen MR) is 130 cm³/mol. The smallest absolute Gasteiger partial charge is 0.341 e. The maximum Gasteiger partial charge on any atom is 0.341 e. The highest BCUT2D eigenvalue weighted by Gasteiger charge is 2.85. The molecule has 6 aliphatic heterocycles. The van der Waals surface area contributed by atoms with Crippen LogP contribution in [0.4, 0.5) is 0 Å². The van der Waals surface area contributed by atoms with Crippen molar-refractivity contribution in [3.05, 3.63) is 11.6 Å². The lowest BCUT2D eigenvalue weighted by atomic mass is 9.62. The average Bonchev–Trinajstić information content (AvgIpc) is 3.39. The van der Waals surface area contributed by atoms with Crippen molar-refractivity contribution in [2.75, 3.05) is 0 Å². The molecule has 7 fully saturated rings. The van der Waals surface area contributed by atoms with Crippen molar-refractivity contribution in [2.45, 2.75) is 119 Å². The van der Waals surface area contributed by atoms with Crippen molar-refractivity contribution < 1.29 is 53.1 Å². The first-order valence-corrected chi connectivity index (χ1v) is 14.2. The number of ether oxygens (including phenoxy) is 5. The van der Waals surface area contributed by atoms with Gasteiger partial charge in [0.05, 0.1) is 12.0 Å². The summed E-state index contributed by atoms with van der Waals surface area (Å²) in [6.45, 7) is 8.26. The van der Waals surface area contributed by atoms with E-state index < -0.39 is 86.9 Å². The third-order valence-electron chi connectivity index (χ3n) is 11.9. The Morgan fingerprint density at radius 3 is 2.40 bits per heavy atom. The molecular weight excluding hydrogens is 524 g/mol. The number of allylic oxidation sites excluding steroid dienone is 1. The molecule has 0 aromatic carbocycles. The molecule has 0 unspecified atom stereocenters. The van der Waals surface area contributed by atoms with Crippen molar-refractivity contribution in [1.82, 2.24) is 0 Å². The predicted octanol–water partition coefficient (Wildman–Crippen LogP) is 0.662. The Morgan fingerprint density at radius 2 is 1.68 bits per heavy atom. The minimum Gasteiger partial charge on any atom is -0.457 e. The molecule has 11 nitrogen and oxygen atoms in total. The lowest BCUT2D eigenvalue weighted by Gasteiger charge is -2.50. The highest BCUT2D eigenvalue weighted by Crippen LogP contribution is 2.71. The zero-order valence-corrected chi connectivity index (χ0v) is 23.1. The molecule has 0 aromatic rings. The van der Waals surface area contributed by atoms with E-state index in [1.807, 2.05) is 19.9 Å². The van der Waals surface area contributed by atoms with Crippen molar-refractivity contribution in [2.24, 2.45) is 23.2 Å². The van der Waals surface area contributed by atoms with Crippen molar-refractivity contribution in [1.29, 1.82) is 0 Å². The van der Waals surface area contributed by atoms with E-state index in [0.717, 1.165) is 0 Å². The minimum absolute atomic E-state index is 0.0940. The molecule has 1 saturated carbocycles. The molecule has 6 saturated heterocycles. The van der Waals surface area contributed by atoms with Crippen LogP contribution in [-0.4, -0.2) is 85.8 Å². The van der Waals surface area contributed by atoms with Crippen LogP contribution in [0.25, 0.3) is 0 Å². The van der Waals surface area contributed by atoms with Gasteiger partial charge in [0, 0.05) is 35.2 Å². The number of rotatable bonds is 0. The largest absolute Gasteiger partial charge is 0.457 e. The maximum atomic E-state index is 14.7. The number of aliphatic hydroxyl groups is 2. The summed E-state index contributed by atoms with van der Waals surface area (Å²) in [6, 6.07) is 0. The van der Waals surface area contributed by atoms with E-state index >= 15 is 0 Å². The highest BCUT2D eigenvalue weighted by molar-refractivity contribution is 6.08. The van der Waals surface area contributed by atoms with E-state index in [4.69, 9.17) is 23.7 Å². The van der Waals surface area contributed by atoms with Gasteiger partial charge in [-0.25, -0.2) is 4.79 Å². The summed E-state index contributed by atoms with van der Waals surface area (Å²) in [5.74, 6) is -6.62. The second kappa shape index (κ2) is 6.72. The third-order valence-corrected chi connectivity index (χ3v) is 11.9. The Morgan fingerprint density at radius 1 is 0.950 bits per heavy atom. The van der Waals surface area contributed by atoms with Crippen LogP contribution >= 0.6 is 0 Å². The molecule has 0 radical (unpaired) electrons. The molecule has 40 heavy (non-hydrogen) atoms. The van der Waals surface area contributed by atoms with E-state index in [-0.39, 0.29) is 37.6 Å². The van der Waals surface area contributed by atoms with Crippen LogP contribution in [0.1, 0.15) is 66.7 Å². The molecule has 6 heterocycles. The van der Waals surface area contributed by atoms with E-state index in [2.05, 4.69) is 0 Å². The van der Waals surface area contributed by atoms with Crippen LogP contribution in [0, 0.1) is 23.2 Å². The van der Waals surface area contributed by atoms with Gasteiger partial charge in [-0.1, -0.05) is 13.0 Å². The van der Waals surface area contributed by atoms with Gasteiger partial charge in [0.15, 0.2) is 11.4 Å². The van der Waals surface area contributed by atoms with E-state index in [1.165, 1.54) is 13.8 Å². The number of hydrogen-bond donors (Lipinski definition) is 2. The quantitative estimate of drug-likeness (QED) is 0.403. The Balaban J connectivity index is 1.34. The Kier molecular flexibility index (Phi) is 4.29. The van der Waals surface area contributed by atoms with Gasteiger partial charge >= 0.3 is 11.9 Å². The van der Waals surface area contributed by atoms with Gasteiger partial charge in [-0.05, 0) is 47.0 Å². The van der Waals surface area contributed by atoms with Crippen molar-refractivity contribution >= 4 is 23.5 Å². The zero-order valence-electron chi connectivity index (χ0n) is 23.1. The van der Waals surface area contributed by atoms with Crippen molar-refractivity contribution in [3.8, 4) is 0 Å². The van der Waals surface area contributed by atoms with Gasteiger partial charge in [-0.3, -0.25) is 14.4 Å². The van der Waals surface area contributed by atoms with Gasteiger partial charge < -0.3 is 33.9 Å². The summed E-state index contributed by atoms with van der Waals surface area (Å²) in [4.78, 5) is 54.2. The number of carbonyl (C=O) groups excluding carboxylic acids is 4. The van der Waals surface area contributed by atoms with Crippen LogP contribution in [0.3, 0.4) is 0 Å². The van der Waals surface area contributed by atoms with Gasteiger partial charge in [-0.15, -0.1) is 0 Å². The Hall–Kier alpha value is -2.18. The van der Waals surface area contributed by atoms with Crippen LogP contribution in [0.5, 0.6) is 0 Å². The second-order valence-electron chi connectivity index (χ2n) is 14.5. The molecule has 8 rings (SSSR count). The summed E-state index contributed by atoms with van der Waals surface area (Å²) in [7, 11) is 0. The van der Waals surface area contributed by atoms with Crippen LogP contribution in [0.15, 0.2) is 11.6 Å². The number of esters is 2. The SMILES string of the molecule is CC1(C)O[C@H]2CC(=O)O[C@]23C[C@@]24CC[C@@]5(C)C(=O)[C@@](C)(O)[C@H]6[C@@H]7OC(=O)[C@@](C)(O)[C@@H]7O[C@](O2)(C(=O)C4=CC[C@H]13)[C@H]65. The second-order valence-corrected chi connectivity index (χ2v) is 14.5. The molecule has 216 valence electrons. The summed E-state index contributed by atoms with van der Waals surface area (Å²) in [5, 5.41) is 22.8. The first kappa shape index (κ1) is 25.5. The van der Waals surface area contributed by atoms with Crippen LogP contribution < -0.4 is 0 Å². The molecule has 8 aliphatic rings. The third kappa shape index (κ3) is 2.46. The molecular formula is C29H34O11. The summed E-state index contributed by atoms with van der Waals surface area (Å²) in [5.41, 5.74) is -7.92. The molecule has 3 spiro atoms. The summed E-state index contributed by atoms with van der Waals surface area (Å²) in [6.07, 6.45) is -0.0748. The lowest BCUT2D eigenvalue weighted by Crippen LogP contribution is -2.67. The molecule has 0 amide bonds. The fourth-order valence-electron chi connectivity index (χ4n) is 10.2. The number of ketones is 2. The standard InChI is InChI=1S/C29H34O11/c1-23(2)13-7-6-12-19(31)29-18-16(17-20(39-29)26(5,35)22(33)36-17)25(4,34)21(32)24(18,3)8-9-27(12,40-29)11-28(13)14(37-23)10-15(30)38-28/h6,13-14,16-18,20,34-35H,7-11H2,1-5H3/t13-,14+,16+,17+,18-,20-,24-,25+,26+,27-,28+,29-/m1/s1. The van der Waals surface area contributed by atoms with Crippen LogP contribution in [-0.2, 0) is 42.9 Å². The van der Waals surface area contributed by atoms with Gasteiger partial charge in [-0.2, -0.15) is 0 Å². The Labute approximate surface area is 230 Å². The molecule has 2 bridgehead atoms. The number of hydrogen-bond acceptors (Lipinski definition) is 11. The fraction of sp³-hybridized carbons (Fsp3) is 0.793. The normalized spacial score (nSPS) is 58.6. The zero-order chi connectivity index (χ0) is 28.6. The van der Waals surface area contributed by atoms with E-state index in [1.54, 1.807) is 6.92 Å². The van der Waals surface area contributed by atoms with Gasteiger partial charge in [0.1, 0.15) is 35.1 Å². The number of carbonyl (C=O) groups is 4.